The number of pyridine rings is 1. The highest BCUT2D eigenvalue weighted by Gasteiger charge is 2.13. The molecule has 0 N–H and O–H groups in total. The molecule has 120 valence electrons. The Morgan fingerprint density at radius 3 is 2.43 bits per heavy atom. The van der Waals surface area contributed by atoms with Crippen molar-refractivity contribution >= 4 is 33.4 Å². The van der Waals surface area contributed by atoms with E-state index >= 15 is 0 Å². The Kier molecular flexibility index (Phi) is 4.69. The predicted molar refractivity (Wildman–Crippen MR) is 98.5 cm³/mol. The van der Waals surface area contributed by atoms with E-state index in [-0.39, 0.29) is 5.43 Å². The number of likely N-dealkylation sites (N-methyl/N-ethyl adjacent to an activating group) is 1. The van der Waals surface area contributed by atoms with Crippen molar-refractivity contribution in [2.45, 2.75) is 20.4 Å². The molecule has 1 heterocycles. The first kappa shape index (κ1) is 16.0. The molecular formula is C19H21ClN2O. The zero-order chi connectivity index (χ0) is 16.4. The molecule has 1 aromatic heterocycles. The summed E-state index contributed by atoms with van der Waals surface area (Å²) in [5, 5.41) is 1.87. The van der Waals surface area contributed by atoms with Gasteiger partial charge in [-0.3, -0.25) is 4.79 Å². The van der Waals surface area contributed by atoms with Crippen LogP contribution in [0, 0.1) is 0 Å². The topological polar surface area (TPSA) is 25.2 Å². The number of hydrogen-bond donors (Lipinski definition) is 0. The van der Waals surface area contributed by atoms with Gasteiger partial charge in [0.25, 0.3) is 0 Å². The van der Waals surface area contributed by atoms with E-state index in [4.69, 9.17) is 11.6 Å². The van der Waals surface area contributed by atoms with Crippen LogP contribution in [0.2, 0.25) is 5.02 Å². The lowest BCUT2D eigenvalue weighted by Crippen LogP contribution is -2.27. The van der Waals surface area contributed by atoms with Gasteiger partial charge in [-0.2, -0.15) is 0 Å². The Labute approximate surface area is 141 Å². The van der Waals surface area contributed by atoms with E-state index in [0.29, 0.717) is 10.4 Å². The Morgan fingerprint density at radius 1 is 1.00 bits per heavy atom. The van der Waals surface area contributed by atoms with E-state index in [1.165, 1.54) is 0 Å². The van der Waals surface area contributed by atoms with Crippen LogP contribution in [0.1, 0.15) is 13.8 Å². The third-order valence-electron chi connectivity index (χ3n) is 4.48. The minimum atomic E-state index is 0.0142. The van der Waals surface area contributed by atoms with Crippen LogP contribution in [0.5, 0.6) is 0 Å². The highest BCUT2D eigenvalue weighted by atomic mass is 35.5. The van der Waals surface area contributed by atoms with Crippen LogP contribution in [-0.4, -0.2) is 29.1 Å². The fourth-order valence-corrected chi connectivity index (χ4v) is 3.41. The number of halogens is 1. The zero-order valence-electron chi connectivity index (χ0n) is 13.6. The molecule has 3 aromatic rings. The molecule has 3 nitrogen and oxygen atoms in total. The third kappa shape index (κ3) is 2.87. The zero-order valence-corrected chi connectivity index (χ0v) is 14.3. The summed E-state index contributed by atoms with van der Waals surface area (Å²) in [6.07, 6.45) is 0. The molecule has 0 aliphatic carbocycles. The van der Waals surface area contributed by atoms with Crippen molar-refractivity contribution in [1.82, 2.24) is 9.47 Å². The van der Waals surface area contributed by atoms with Gasteiger partial charge in [0.2, 0.25) is 0 Å². The minimum absolute atomic E-state index is 0.0142. The van der Waals surface area contributed by atoms with Crippen LogP contribution in [0.25, 0.3) is 21.8 Å². The van der Waals surface area contributed by atoms with Crippen molar-refractivity contribution < 1.29 is 0 Å². The Bertz CT molecular complexity index is 897. The summed E-state index contributed by atoms with van der Waals surface area (Å²) in [5.74, 6) is 0. The van der Waals surface area contributed by atoms with Gasteiger partial charge in [-0.15, -0.1) is 0 Å². The van der Waals surface area contributed by atoms with E-state index < -0.39 is 0 Å². The Balaban J connectivity index is 2.26. The van der Waals surface area contributed by atoms with Gasteiger partial charge in [-0.05, 0) is 37.4 Å². The molecule has 0 fully saturated rings. The predicted octanol–water partition coefficient (Wildman–Crippen LogP) is 4.15. The number of aromatic nitrogens is 1. The number of hydrogen-bond acceptors (Lipinski definition) is 2. The summed E-state index contributed by atoms with van der Waals surface area (Å²) in [4.78, 5) is 15.2. The van der Waals surface area contributed by atoms with Crippen molar-refractivity contribution in [3.63, 3.8) is 0 Å². The Hall–Kier alpha value is -1.84. The van der Waals surface area contributed by atoms with Crippen LogP contribution < -0.4 is 5.43 Å². The molecule has 0 bridgehead atoms. The largest absolute Gasteiger partial charge is 0.339 e. The molecule has 0 saturated carbocycles. The first-order valence-corrected chi connectivity index (χ1v) is 8.47. The summed E-state index contributed by atoms with van der Waals surface area (Å²) in [6.45, 7) is 8.16. The monoisotopic (exact) mass is 328 g/mol. The van der Waals surface area contributed by atoms with Crippen LogP contribution >= 0.6 is 11.6 Å². The highest BCUT2D eigenvalue weighted by Crippen LogP contribution is 2.24. The second-order valence-corrected chi connectivity index (χ2v) is 6.07. The smallest absolute Gasteiger partial charge is 0.198 e. The van der Waals surface area contributed by atoms with Crippen LogP contribution in [0.4, 0.5) is 0 Å². The third-order valence-corrected chi connectivity index (χ3v) is 4.80. The molecule has 0 aliphatic rings. The van der Waals surface area contributed by atoms with E-state index in [9.17, 15) is 4.79 Å². The van der Waals surface area contributed by atoms with Crippen LogP contribution in [-0.2, 0) is 6.54 Å². The van der Waals surface area contributed by atoms with Crippen molar-refractivity contribution in [1.29, 1.82) is 0 Å². The maximum Gasteiger partial charge on any atom is 0.198 e. The van der Waals surface area contributed by atoms with Crippen molar-refractivity contribution in [3.8, 4) is 0 Å². The van der Waals surface area contributed by atoms with Gasteiger partial charge in [-0.1, -0.05) is 43.6 Å². The van der Waals surface area contributed by atoms with Gasteiger partial charge < -0.3 is 9.47 Å². The Morgan fingerprint density at radius 2 is 1.70 bits per heavy atom. The fourth-order valence-electron chi connectivity index (χ4n) is 3.15. The summed E-state index contributed by atoms with van der Waals surface area (Å²) < 4.78 is 2.22. The maximum atomic E-state index is 12.8. The molecule has 3 rings (SSSR count). The van der Waals surface area contributed by atoms with Gasteiger partial charge >= 0.3 is 0 Å². The second-order valence-electron chi connectivity index (χ2n) is 5.66. The lowest BCUT2D eigenvalue weighted by Gasteiger charge is -2.21. The van der Waals surface area contributed by atoms with Crippen molar-refractivity contribution in [2.75, 3.05) is 19.6 Å². The first-order valence-electron chi connectivity index (χ1n) is 8.09. The molecular weight excluding hydrogens is 308 g/mol. The van der Waals surface area contributed by atoms with Gasteiger partial charge in [-0.25, -0.2) is 0 Å². The minimum Gasteiger partial charge on any atom is -0.339 e. The summed E-state index contributed by atoms with van der Waals surface area (Å²) in [7, 11) is 0. The average molecular weight is 329 g/mol. The molecule has 0 saturated heterocycles. The number of benzene rings is 2. The SMILES string of the molecule is CCN(CC)CCn1c2ccccc2c(=O)c2c(Cl)cccc21. The van der Waals surface area contributed by atoms with Crippen LogP contribution in [0.15, 0.2) is 47.3 Å². The lowest BCUT2D eigenvalue weighted by molar-refractivity contribution is 0.293. The van der Waals surface area contributed by atoms with E-state index in [1.807, 2.05) is 36.4 Å². The molecule has 23 heavy (non-hydrogen) atoms. The average Bonchev–Trinajstić information content (AvgIpc) is 2.58. The van der Waals surface area contributed by atoms with Crippen LogP contribution in [0.3, 0.4) is 0 Å². The van der Waals surface area contributed by atoms with E-state index in [2.05, 4.69) is 23.3 Å². The summed E-state index contributed by atoms with van der Waals surface area (Å²) in [6, 6.07) is 13.5. The quantitative estimate of drug-likeness (QED) is 0.657. The fraction of sp³-hybridized carbons (Fsp3) is 0.316. The summed E-state index contributed by atoms with van der Waals surface area (Å²) >= 11 is 6.33. The highest BCUT2D eigenvalue weighted by molar-refractivity contribution is 6.35. The van der Waals surface area contributed by atoms with Gasteiger partial charge in [0.1, 0.15) is 0 Å². The van der Waals surface area contributed by atoms with Gasteiger partial charge in [0.15, 0.2) is 5.43 Å². The van der Waals surface area contributed by atoms with E-state index in [1.54, 1.807) is 6.07 Å². The molecule has 0 atom stereocenters. The van der Waals surface area contributed by atoms with Gasteiger partial charge in [0.05, 0.1) is 21.4 Å². The molecule has 0 radical (unpaired) electrons. The number of para-hydroxylation sites is 1. The maximum absolute atomic E-state index is 12.8. The number of nitrogens with zero attached hydrogens (tertiary/aromatic N) is 2. The number of rotatable bonds is 5. The molecule has 0 spiro atoms. The van der Waals surface area contributed by atoms with Gasteiger partial charge in [0, 0.05) is 18.5 Å². The summed E-state index contributed by atoms with van der Waals surface area (Å²) in [5.41, 5.74) is 1.90. The first-order chi connectivity index (χ1) is 11.2. The second kappa shape index (κ2) is 6.73. The molecule has 2 aromatic carbocycles. The van der Waals surface area contributed by atoms with E-state index in [0.717, 1.165) is 42.6 Å². The lowest BCUT2D eigenvalue weighted by atomic mass is 10.1. The molecule has 0 amide bonds. The van der Waals surface area contributed by atoms with Crippen molar-refractivity contribution in [2.24, 2.45) is 0 Å². The normalized spacial score (nSPS) is 11.7. The molecule has 0 unspecified atom stereocenters. The molecule has 0 aliphatic heterocycles. The van der Waals surface area contributed by atoms with Crippen molar-refractivity contribution in [3.05, 3.63) is 57.7 Å². The number of fused-ring (bicyclic) bond motifs is 2. The molecule has 4 heteroatoms. The standard InChI is InChI=1S/C19H21ClN2O/c1-3-21(4-2)12-13-22-16-10-6-5-8-14(16)19(23)18-15(20)9-7-11-17(18)22/h5-11H,3-4,12-13H2,1-2H3.